The van der Waals surface area contributed by atoms with Crippen molar-refractivity contribution in [2.75, 3.05) is 24.5 Å². The van der Waals surface area contributed by atoms with Crippen LogP contribution in [0.4, 0.5) is 5.95 Å². The molecule has 3 aromatic heterocycles. The Labute approximate surface area is 224 Å². The van der Waals surface area contributed by atoms with Gasteiger partial charge in [-0.05, 0) is 33.8 Å². The molecule has 0 saturated carbocycles. The third-order valence-corrected chi connectivity index (χ3v) is 7.72. The van der Waals surface area contributed by atoms with Crippen molar-refractivity contribution in [2.24, 2.45) is 0 Å². The number of hydrogen-bond acceptors (Lipinski definition) is 10. The van der Waals surface area contributed by atoms with Gasteiger partial charge >= 0.3 is 0 Å². The van der Waals surface area contributed by atoms with E-state index in [0.717, 1.165) is 0 Å². The number of fused-ring (bicyclic) bond motifs is 3. The molecule has 3 aromatic rings. The largest absolute Gasteiger partial charge is 0.487 e. The Kier molecular flexibility index (Phi) is 8.49. The van der Waals surface area contributed by atoms with Crippen molar-refractivity contribution < 1.29 is 22.6 Å². The lowest BCUT2D eigenvalue weighted by molar-refractivity contribution is 0.00154. The molecule has 1 aliphatic heterocycles. The van der Waals surface area contributed by atoms with E-state index in [2.05, 4.69) is 29.9 Å². The molecule has 15 heteroatoms. The van der Waals surface area contributed by atoms with E-state index >= 15 is 0 Å². The van der Waals surface area contributed by atoms with Crippen LogP contribution < -0.4 is 9.46 Å². The van der Waals surface area contributed by atoms with Gasteiger partial charge in [-0.15, -0.1) is 10.2 Å². The summed E-state index contributed by atoms with van der Waals surface area (Å²) in [7, 11) is -4.09. The summed E-state index contributed by atoms with van der Waals surface area (Å²) < 4.78 is 48.9. The van der Waals surface area contributed by atoms with Crippen LogP contribution in [0.25, 0.3) is 11.4 Å². The second-order valence-electron chi connectivity index (χ2n) is 8.54. The summed E-state index contributed by atoms with van der Waals surface area (Å²) in [4.78, 5) is 12.4. The molecule has 200 valence electrons. The third-order valence-electron chi connectivity index (χ3n) is 5.56. The lowest BCUT2D eigenvalue weighted by atomic mass is 10.2. The van der Waals surface area contributed by atoms with Gasteiger partial charge in [0.25, 0.3) is 0 Å². The Bertz CT molecular complexity index is 1340. The Balaban J connectivity index is 1.72. The highest BCUT2D eigenvalue weighted by molar-refractivity contribution is 7.93. The zero-order valence-corrected chi connectivity index (χ0v) is 23.0. The summed E-state index contributed by atoms with van der Waals surface area (Å²) in [5, 5.41) is 7.79. The van der Waals surface area contributed by atoms with E-state index in [1.54, 1.807) is 24.5 Å². The molecule has 4 rings (SSSR count). The summed E-state index contributed by atoms with van der Waals surface area (Å²) in [6.07, 6.45) is 3.02. The second-order valence-corrected chi connectivity index (χ2v) is 11.4. The molecule has 0 spiro atoms. The number of nitrogens with zero attached hydrogens (tertiary/aromatic N) is 6. The quantitative estimate of drug-likeness (QED) is 0.357. The van der Waals surface area contributed by atoms with Crippen molar-refractivity contribution in [2.45, 2.75) is 51.2 Å². The van der Waals surface area contributed by atoms with Gasteiger partial charge in [0.1, 0.15) is 18.0 Å². The molecule has 0 aliphatic carbocycles. The Morgan fingerprint density at radius 3 is 2.59 bits per heavy atom. The minimum Gasteiger partial charge on any atom is -0.487 e. The van der Waals surface area contributed by atoms with E-state index in [1.165, 1.54) is 25.5 Å². The summed E-state index contributed by atoms with van der Waals surface area (Å²) in [6, 6.07) is 1.22. The minimum absolute atomic E-state index is 0.00346. The fourth-order valence-electron chi connectivity index (χ4n) is 3.78. The highest BCUT2D eigenvalue weighted by atomic mass is 35.5. The van der Waals surface area contributed by atoms with E-state index in [-0.39, 0.29) is 36.2 Å². The fraction of sp³-hybridized carbons (Fsp3) is 0.500. The van der Waals surface area contributed by atoms with Gasteiger partial charge in [0.05, 0.1) is 29.3 Å². The molecular formula is C22H27Cl2N7O5S. The molecule has 1 aliphatic rings. The Hall–Kier alpha value is -2.58. The summed E-state index contributed by atoms with van der Waals surface area (Å²) >= 11 is 12.2. The predicted molar refractivity (Wildman–Crippen MR) is 137 cm³/mol. The summed E-state index contributed by atoms with van der Waals surface area (Å²) in [6.45, 7) is 7.77. The highest BCUT2D eigenvalue weighted by Crippen LogP contribution is 2.39. The molecule has 12 nitrogen and oxygen atoms in total. The minimum atomic E-state index is -4.09. The lowest BCUT2D eigenvalue weighted by Crippen LogP contribution is -2.35. The first kappa shape index (κ1) is 27.5. The van der Waals surface area contributed by atoms with Crippen molar-refractivity contribution in [3.8, 4) is 17.1 Å². The third kappa shape index (κ3) is 5.96. The maximum Gasteiger partial charge on any atom is 0.240 e. The van der Waals surface area contributed by atoms with Crippen molar-refractivity contribution in [1.29, 1.82) is 0 Å². The van der Waals surface area contributed by atoms with E-state index in [1.807, 2.05) is 6.92 Å². The number of aromatic nitrogens is 6. The first-order valence-electron chi connectivity index (χ1n) is 11.6. The topological polar surface area (TPSA) is 143 Å². The maximum absolute atomic E-state index is 13.6. The monoisotopic (exact) mass is 571 g/mol. The fourth-order valence-corrected chi connectivity index (χ4v) is 5.19. The van der Waals surface area contributed by atoms with Crippen LogP contribution in [-0.2, 0) is 19.5 Å². The number of halogens is 2. The lowest BCUT2D eigenvalue weighted by Gasteiger charge is -2.26. The Morgan fingerprint density at radius 2 is 1.92 bits per heavy atom. The molecule has 0 amide bonds. The molecule has 1 N–H and O–H groups in total. The van der Waals surface area contributed by atoms with Crippen LogP contribution >= 0.6 is 23.2 Å². The molecule has 0 unspecified atom stereocenters. The number of rotatable bonds is 10. The van der Waals surface area contributed by atoms with E-state index in [4.69, 9.17) is 37.4 Å². The molecule has 0 radical (unpaired) electrons. The molecular weight excluding hydrogens is 545 g/mol. The van der Waals surface area contributed by atoms with Crippen LogP contribution in [0.15, 0.2) is 24.7 Å². The van der Waals surface area contributed by atoms with Crippen molar-refractivity contribution in [3.63, 3.8) is 0 Å². The number of ether oxygens (including phenoxy) is 3. The highest BCUT2D eigenvalue weighted by Gasteiger charge is 2.37. The summed E-state index contributed by atoms with van der Waals surface area (Å²) in [5.41, 5.74) is 0.528. The normalized spacial score (nSPS) is 16.9. The number of nitrogens with one attached hydrogen (secondary N) is 1. The van der Waals surface area contributed by atoms with Gasteiger partial charge in [-0.2, -0.15) is 0 Å². The van der Waals surface area contributed by atoms with Crippen LogP contribution in [0.3, 0.4) is 0 Å². The van der Waals surface area contributed by atoms with Crippen molar-refractivity contribution >= 4 is 39.2 Å². The first-order chi connectivity index (χ1) is 17.6. The van der Waals surface area contributed by atoms with Gasteiger partial charge in [-0.1, -0.05) is 23.2 Å². The first-order valence-corrected chi connectivity index (χ1v) is 13.9. The molecule has 3 atom stereocenters. The van der Waals surface area contributed by atoms with Gasteiger partial charge in [-0.25, -0.2) is 23.4 Å². The Morgan fingerprint density at radius 1 is 1.19 bits per heavy atom. The van der Waals surface area contributed by atoms with Gasteiger partial charge in [-0.3, -0.25) is 9.29 Å². The van der Waals surface area contributed by atoms with E-state index < -0.39 is 27.4 Å². The van der Waals surface area contributed by atoms with Crippen LogP contribution in [0.1, 0.15) is 45.7 Å². The van der Waals surface area contributed by atoms with Gasteiger partial charge in [0.2, 0.25) is 16.0 Å². The summed E-state index contributed by atoms with van der Waals surface area (Å²) in [5.74, 6) is 0.888. The number of anilines is 1. The zero-order chi connectivity index (χ0) is 26.7. The van der Waals surface area contributed by atoms with Crippen LogP contribution in [0.2, 0.25) is 10.2 Å². The number of sulfonamides is 1. The van der Waals surface area contributed by atoms with Crippen molar-refractivity contribution in [1.82, 2.24) is 29.7 Å². The number of pyridine rings is 1. The van der Waals surface area contributed by atoms with Gasteiger partial charge in [0, 0.05) is 25.2 Å². The molecule has 0 fully saturated rings. The predicted octanol–water partition coefficient (Wildman–Crippen LogP) is 3.70. The van der Waals surface area contributed by atoms with E-state index in [0.29, 0.717) is 28.8 Å². The van der Waals surface area contributed by atoms with Crippen LogP contribution in [0, 0.1) is 0 Å². The molecule has 4 heterocycles. The van der Waals surface area contributed by atoms with Gasteiger partial charge in [0.15, 0.2) is 22.6 Å². The molecule has 0 saturated heterocycles. The zero-order valence-electron chi connectivity index (χ0n) is 20.6. The van der Waals surface area contributed by atoms with E-state index in [9.17, 15) is 8.42 Å². The molecule has 0 aromatic carbocycles. The average molecular weight is 572 g/mol. The van der Waals surface area contributed by atoms with Crippen LogP contribution in [-0.4, -0.2) is 69.3 Å². The average Bonchev–Trinajstić information content (AvgIpc) is 3.17. The SMILES string of the molecule is CCOC[C@H]1COc2c(ccnc2Cl)-c2nnc(NS(=O)(=O)[C@@H](C)[C@@H](OC(C)C)c3ncc(Cl)cn3)n21. The standard InChI is InChI=1S/C22H27Cl2N7O5S/c1-5-34-10-15-11-35-18-16(6-7-25-19(18)24)21-28-29-22(31(15)21)30-37(32,33)13(4)17(36-12(2)3)20-26-8-14(23)9-27-20/h6-9,12-13,15,17H,5,10-11H2,1-4H3,(H,29,30)/t13-,15-,17+/m0/s1. The molecule has 37 heavy (non-hydrogen) atoms. The second kappa shape index (κ2) is 11.4. The number of hydrogen-bond donors (Lipinski definition) is 1. The maximum atomic E-state index is 13.6. The molecule has 0 bridgehead atoms. The van der Waals surface area contributed by atoms with Gasteiger partial charge < -0.3 is 14.2 Å². The van der Waals surface area contributed by atoms with Crippen LogP contribution in [0.5, 0.6) is 5.75 Å². The van der Waals surface area contributed by atoms with Crippen molar-refractivity contribution in [3.05, 3.63) is 40.7 Å². The smallest absolute Gasteiger partial charge is 0.240 e.